The van der Waals surface area contributed by atoms with E-state index in [1.54, 1.807) is 0 Å². The van der Waals surface area contributed by atoms with E-state index in [9.17, 15) is 0 Å². The highest BCUT2D eigenvalue weighted by Crippen LogP contribution is 2.21. The van der Waals surface area contributed by atoms with Gasteiger partial charge >= 0.3 is 6.01 Å². The summed E-state index contributed by atoms with van der Waals surface area (Å²) in [6.45, 7) is 1.95. The third-order valence-electron chi connectivity index (χ3n) is 1.71. The summed E-state index contributed by atoms with van der Waals surface area (Å²) in [6.07, 6.45) is 7.28. The maximum Gasteiger partial charge on any atom is 0.318 e. The normalized spacial score (nSPS) is 11.6. The van der Waals surface area contributed by atoms with Crippen LogP contribution >= 0.6 is 11.6 Å². The van der Waals surface area contributed by atoms with Crippen LogP contribution in [0.1, 0.15) is 13.3 Å². The number of methoxy groups -OCH3 is 1. The molecule has 1 unspecified atom stereocenters. The molecule has 1 rings (SSSR count). The summed E-state index contributed by atoms with van der Waals surface area (Å²) in [6, 6.07) is 0.377. The van der Waals surface area contributed by atoms with E-state index >= 15 is 0 Å². The van der Waals surface area contributed by atoms with Crippen molar-refractivity contribution >= 4 is 17.4 Å². The van der Waals surface area contributed by atoms with Gasteiger partial charge in [-0.25, -0.2) is 4.98 Å². The van der Waals surface area contributed by atoms with Crippen molar-refractivity contribution in [2.45, 2.75) is 19.4 Å². The standard InChI is InChI=1S/C10H12ClN3O/c1-4-5-7(2)13-9-8(11)6-12-10(14-9)15-3/h1,6-7H,5H2,2-3H3,(H,12,13,14). The van der Waals surface area contributed by atoms with Crippen LogP contribution < -0.4 is 10.1 Å². The number of aromatic nitrogens is 2. The van der Waals surface area contributed by atoms with Gasteiger partial charge in [-0.3, -0.25) is 0 Å². The number of hydrogen-bond acceptors (Lipinski definition) is 4. The first-order valence-electron chi connectivity index (χ1n) is 4.44. The van der Waals surface area contributed by atoms with Gasteiger partial charge in [0.15, 0.2) is 5.82 Å². The first-order chi connectivity index (χ1) is 7.17. The van der Waals surface area contributed by atoms with Crippen LogP contribution in [-0.2, 0) is 0 Å². The lowest BCUT2D eigenvalue weighted by molar-refractivity contribution is 0.380. The largest absolute Gasteiger partial charge is 0.467 e. The Morgan fingerprint density at radius 2 is 2.47 bits per heavy atom. The summed E-state index contributed by atoms with van der Waals surface area (Å²) in [7, 11) is 1.50. The second kappa shape index (κ2) is 5.42. The Morgan fingerprint density at radius 1 is 1.73 bits per heavy atom. The molecule has 0 aliphatic rings. The average molecular weight is 226 g/mol. The highest BCUT2D eigenvalue weighted by Gasteiger charge is 2.08. The molecule has 0 saturated heterocycles. The first kappa shape index (κ1) is 11.6. The second-order valence-electron chi connectivity index (χ2n) is 3.01. The van der Waals surface area contributed by atoms with Crippen molar-refractivity contribution in [2.75, 3.05) is 12.4 Å². The molecule has 1 N–H and O–H groups in total. The van der Waals surface area contributed by atoms with E-state index in [1.165, 1.54) is 13.3 Å². The summed E-state index contributed by atoms with van der Waals surface area (Å²) < 4.78 is 4.89. The quantitative estimate of drug-likeness (QED) is 0.796. The van der Waals surface area contributed by atoms with E-state index in [-0.39, 0.29) is 12.1 Å². The molecule has 0 aliphatic heterocycles. The summed E-state index contributed by atoms with van der Waals surface area (Å²) in [5.74, 6) is 3.09. The molecule has 15 heavy (non-hydrogen) atoms. The number of nitrogens with one attached hydrogen (secondary N) is 1. The minimum atomic E-state index is 0.104. The van der Waals surface area contributed by atoms with Gasteiger partial charge in [0.05, 0.1) is 13.3 Å². The van der Waals surface area contributed by atoms with Gasteiger partial charge in [0.1, 0.15) is 5.02 Å². The Labute approximate surface area is 94.0 Å². The molecule has 0 fully saturated rings. The fraction of sp³-hybridized carbons (Fsp3) is 0.400. The van der Waals surface area contributed by atoms with E-state index in [0.29, 0.717) is 17.3 Å². The lowest BCUT2D eigenvalue weighted by Crippen LogP contribution is -2.15. The van der Waals surface area contributed by atoms with Gasteiger partial charge in [-0.1, -0.05) is 11.6 Å². The van der Waals surface area contributed by atoms with E-state index in [1.807, 2.05) is 6.92 Å². The maximum atomic E-state index is 5.90. The highest BCUT2D eigenvalue weighted by atomic mass is 35.5. The van der Waals surface area contributed by atoms with E-state index < -0.39 is 0 Å². The number of hydrogen-bond donors (Lipinski definition) is 1. The van der Waals surface area contributed by atoms with Crippen LogP contribution in [0.3, 0.4) is 0 Å². The third kappa shape index (κ3) is 3.30. The molecule has 0 aliphatic carbocycles. The van der Waals surface area contributed by atoms with Gasteiger partial charge in [-0.05, 0) is 6.92 Å². The Hall–Kier alpha value is -1.47. The summed E-state index contributed by atoms with van der Waals surface area (Å²) >= 11 is 5.90. The number of ether oxygens (including phenoxy) is 1. The Bertz CT molecular complexity index is 375. The van der Waals surface area contributed by atoms with Crippen molar-refractivity contribution in [2.24, 2.45) is 0 Å². The predicted octanol–water partition coefficient (Wildman–Crippen LogP) is 1.96. The van der Waals surface area contributed by atoms with E-state index in [0.717, 1.165) is 0 Å². The molecule has 4 nitrogen and oxygen atoms in total. The van der Waals surface area contributed by atoms with Crippen molar-refractivity contribution in [3.8, 4) is 18.4 Å². The Kier molecular flexibility index (Phi) is 4.19. The van der Waals surface area contributed by atoms with Crippen LogP contribution in [0.4, 0.5) is 5.82 Å². The molecule has 80 valence electrons. The van der Waals surface area contributed by atoms with Crippen molar-refractivity contribution in [1.82, 2.24) is 9.97 Å². The van der Waals surface area contributed by atoms with Crippen LogP contribution in [-0.4, -0.2) is 23.1 Å². The van der Waals surface area contributed by atoms with E-state index in [4.69, 9.17) is 22.8 Å². The molecule has 1 atom stereocenters. The zero-order valence-electron chi connectivity index (χ0n) is 8.62. The molecule has 1 aromatic rings. The van der Waals surface area contributed by atoms with Crippen molar-refractivity contribution in [3.63, 3.8) is 0 Å². The molecular weight excluding hydrogens is 214 g/mol. The second-order valence-corrected chi connectivity index (χ2v) is 3.41. The maximum absolute atomic E-state index is 5.90. The minimum absolute atomic E-state index is 0.104. The van der Waals surface area contributed by atoms with Gasteiger partial charge in [0.2, 0.25) is 0 Å². The zero-order valence-corrected chi connectivity index (χ0v) is 9.38. The van der Waals surface area contributed by atoms with Crippen molar-refractivity contribution < 1.29 is 4.74 Å². The zero-order chi connectivity index (χ0) is 11.3. The fourth-order valence-electron chi connectivity index (χ4n) is 1.01. The van der Waals surface area contributed by atoms with Crippen LogP contribution in [0.15, 0.2) is 6.20 Å². The van der Waals surface area contributed by atoms with Gasteiger partial charge < -0.3 is 10.1 Å². The summed E-state index contributed by atoms with van der Waals surface area (Å²) in [5.41, 5.74) is 0. The van der Waals surface area contributed by atoms with Crippen molar-refractivity contribution in [3.05, 3.63) is 11.2 Å². The van der Waals surface area contributed by atoms with Crippen LogP contribution in [0, 0.1) is 12.3 Å². The van der Waals surface area contributed by atoms with Crippen LogP contribution in [0.25, 0.3) is 0 Å². The molecule has 0 saturated carbocycles. The molecular formula is C10H12ClN3O. The number of rotatable bonds is 4. The molecule has 0 radical (unpaired) electrons. The van der Waals surface area contributed by atoms with Gasteiger partial charge in [0.25, 0.3) is 0 Å². The summed E-state index contributed by atoms with van der Waals surface area (Å²) in [4.78, 5) is 7.93. The molecule has 0 spiro atoms. The van der Waals surface area contributed by atoms with E-state index in [2.05, 4.69) is 21.2 Å². The van der Waals surface area contributed by atoms with Crippen LogP contribution in [0.2, 0.25) is 5.02 Å². The number of halogens is 1. The third-order valence-corrected chi connectivity index (χ3v) is 1.99. The lowest BCUT2D eigenvalue weighted by Gasteiger charge is -2.12. The average Bonchev–Trinajstić information content (AvgIpc) is 2.21. The molecule has 0 amide bonds. The Balaban J connectivity index is 2.79. The number of terminal acetylenes is 1. The van der Waals surface area contributed by atoms with Crippen LogP contribution in [0.5, 0.6) is 6.01 Å². The fourth-order valence-corrected chi connectivity index (χ4v) is 1.16. The predicted molar refractivity (Wildman–Crippen MR) is 60.1 cm³/mol. The lowest BCUT2D eigenvalue weighted by atomic mass is 10.2. The Morgan fingerprint density at radius 3 is 3.07 bits per heavy atom. The molecule has 0 bridgehead atoms. The minimum Gasteiger partial charge on any atom is -0.467 e. The number of anilines is 1. The molecule has 1 aromatic heterocycles. The molecule has 0 aromatic carbocycles. The van der Waals surface area contributed by atoms with Gasteiger partial charge in [0, 0.05) is 12.5 Å². The molecule has 5 heteroatoms. The molecule has 1 heterocycles. The smallest absolute Gasteiger partial charge is 0.318 e. The van der Waals surface area contributed by atoms with Crippen molar-refractivity contribution in [1.29, 1.82) is 0 Å². The SMILES string of the molecule is C#CCC(C)Nc1nc(OC)ncc1Cl. The number of nitrogens with zero attached hydrogens (tertiary/aromatic N) is 2. The van der Waals surface area contributed by atoms with Gasteiger partial charge in [-0.15, -0.1) is 12.3 Å². The topological polar surface area (TPSA) is 47.0 Å². The highest BCUT2D eigenvalue weighted by molar-refractivity contribution is 6.32. The van der Waals surface area contributed by atoms with Gasteiger partial charge in [-0.2, -0.15) is 4.98 Å². The monoisotopic (exact) mass is 225 g/mol. The summed E-state index contributed by atoms with van der Waals surface area (Å²) in [5, 5.41) is 3.52. The first-order valence-corrected chi connectivity index (χ1v) is 4.81.